The Morgan fingerprint density at radius 1 is 1.35 bits per heavy atom. The molecular weight excluding hydrogens is 256 g/mol. The molecule has 5 nitrogen and oxygen atoms in total. The Balaban J connectivity index is 1.75. The number of nitrogens with two attached hydrogens (primary N) is 1. The molecule has 2 fully saturated rings. The smallest absolute Gasteiger partial charge is 0.222 e. The van der Waals surface area contributed by atoms with Gasteiger partial charge in [0.05, 0.1) is 25.4 Å². The van der Waals surface area contributed by atoms with Gasteiger partial charge in [-0.1, -0.05) is 0 Å². The molecule has 5 heteroatoms. The van der Waals surface area contributed by atoms with Gasteiger partial charge in [0.15, 0.2) is 0 Å². The highest BCUT2D eigenvalue weighted by molar-refractivity contribution is 5.76. The van der Waals surface area contributed by atoms with Crippen molar-refractivity contribution >= 4 is 5.91 Å². The zero-order valence-corrected chi connectivity index (χ0v) is 12.5. The summed E-state index contributed by atoms with van der Waals surface area (Å²) >= 11 is 0. The first-order chi connectivity index (χ1) is 9.60. The molecule has 1 aliphatic heterocycles. The minimum atomic E-state index is -0.220. The molecule has 1 heterocycles. The number of carbonyl (C=O) groups is 1. The molecule has 2 aliphatic rings. The standard InChI is InChI=1S/C15H28N2O3/c1-11-10-20-14(9-18)8-17(11)15(19)7-4-12-2-5-13(16)6-3-12/h11-14,18H,2-10,16H2,1H3. The molecule has 0 bridgehead atoms. The van der Waals surface area contributed by atoms with Gasteiger partial charge in [-0.3, -0.25) is 4.79 Å². The zero-order chi connectivity index (χ0) is 14.5. The molecule has 0 aromatic rings. The van der Waals surface area contributed by atoms with Crippen molar-refractivity contribution in [1.82, 2.24) is 4.90 Å². The molecule has 0 spiro atoms. The van der Waals surface area contributed by atoms with Crippen LogP contribution in [-0.4, -0.2) is 53.9 Å². The van der Waals surface area contributed by atoms with Gasteiger partial charge in [-0.2, -0.15) is 0 Å². The lowest BCUT2D eigenvalue weighted by atomic mass is 9.83. The SMILES string of the molecule is CC1COC(CO)CN1C(=O)CCC1CCC(N)CC1. The van der Waals surface area contributed by atoms with Crippen LogP contribution < -0.4 is 5.73 Å². The maximum atomic E-state index is 12.3. The van der Waals surface area contributed by atoms with Crippen LogP contribution >= 0.6 is 0 Å². The van der Waals surface area contributed by atoms with Crippen LogP contribution in [0.4, 0.5) is 0 Å². The van der Waals surface area contributed by atoms with Crippen molar-refractivity contribution < 1.29 is 14.6 Å². The van der Waals surface area contributed by atoms with E-state index in [4.69, 9.17) is 15.6 Å². The molecule has 0 aromatic carbocycles. The van der Waals surface area contributed by atoms with Crippen LogP contribution in [0.1, 0.15) is 45.4 Å². The minimum absolute atomic E-state index is 0.0169. The van der Waals surface area contributed by atoms with Crippen LogP contribution in [0, 0.1) is 5.92 Å². The average Bonchev–Trinajstić information content (AvgIpc) is 2.47. The topological polar surface area (TPSA) is 75.8 Å². The van der Waals surface area contributed by atoms with E-state index in [0.29, 0.717) is 31.5 Å². The van der Waals surface area contributed by atoms with E-state index >= 15 is 0 Å². The summed E-state index contributed by atoms with van der Waals surface area (Å²) in [5, 5.41) is 9.16. The van der Waals surface area contributed by atoms with E-state index in [9.17, 15) is 4.79 Å². The van der Waals surface area contributed by atoms with E-state index in [1.807, 2.05) is 11.8 Å². The summed E-state index contributed by atoms with van der Waals surface area (Å²) in [5.74, 6) is 0.859. The van der Waals surface area contributed by atoms with Gasteiger partial charge in [-0.25, -0.2) is 0 Å². The molecule has 2 rings (SSSR count). The number of nitrogens with zero attached hydrogens (tertiary/aromatic N) is 1. The van der Waals surface area contributed by atoms with Crippen molar-refractivity contribution in [2.75, 3.05) is 19.8 Å². The molecule has 1 saturated carbocycles. The first-order valence-electron chi connectivity index (χ1n) is 7.87. The third-order valence-electron chi connectivity index (χ3n) is 4.69. The highest BCUT2D eigenvalue weighted by Gasteiger charge is 2.29. The van der Waals surface area contributed by atoms with Crippen LogP contribution in [0.2, 0.25) is 0 Å². The van der Waals surface area contributed by atoms with Crippen LogP contribution in [0.25, 0.3) is 0 Å². The Morgan fingerprint density at radius 3 is 2.70 bits per heavy atom. The van der Waals surface area contributed by atoms with Gasteiger partial charge in [0.1, 0.15) is 0 Å². The second-order valence-electron chi connectivity index (χ2n) is 6.35. The second-order valence-corrected chi connectivity index (χ2v) is 6.35. The summed E-state index contributed by atoms with van der Waals surface area (Å²) in [5.41, 5.74) is 5.91. The summed E-state index contributed by atoms with van der Waals surface area (Å²) in [6.45, 7) is 3.03. The summed E-state index contributed by atoms with van der Waals surface area (Å²) < 4.78 is 5.47. The molecule has 2 atom stereocenters. The van der Waals surface area contributed by atoms with Gasteiger partial charge in [0.2, 0.25) is 5.91 Å². The van der Waals surface area contributed by atoms with Gasteiger partial charge in [-0.05, 0) is 44.9 Å². The molecule has 1 amide bonds. The summed E-state index contributed by atoms with van der Waals surface area (Å²) in [4.78, 5) is 14.2. The summed E-state index contributed by atoms with van der Waals surface area (Å²) in [7, 11) is 0. The van der Waals surface area contributed by atoms with Crippen LogP contribution in [0.15, 0.2) is 0 Å². The number of hydrogen-bond donors (Lipinski definition) is 2. The fourth-order valence-electron chi connectivity index (χ4n) is 3.22. The lowest BCUT2D eigenvalue weighted by Gasteiger charge is -2.38. The highest BCUT2D eigenvalue weighted by Crippen LogP contribution is 2.27. The quantitative estimate of drug-likeness (QED) is 0.804. The van der Waals surface area contributed by atoms with E-state index in [1.54, 1.807) is 0 Å². The number of hydrogen-bond acceptors (Lipinski definition) is 4. The Bertz CT molecular complexity index is 316. The molecule has 1 saturated heterocycles. The molecule has 116 valence electrons. The van der Waals surface area contributed by atoms with Crippen molar-refractivity contribution in [3.8, 4) is 0 Å². The molecule has 0 aromatic heterocycles. The predicted octanol–water partition coefficient (Wildman–Crippen LogP) is 0.892. The molecule has 2 unspecified atom stereocenters. The fourth-order valence-corrected chi connectivity index (χ4v) is 3.22. The molecule has 0 radical (unpaired) electrons. The second kappa shape index (κ2) is 7.38. The first-order valence-corrected chi connectivity index (χ1v) is 7.87. The monoisotopic (exact) mass is 284 g/mol. The Labute approximate surface area is 121 Å². The summed E-state index contributed by atoms with van der Waals surface area (Å²) in [6, 6.07) is 0.483. The van der Waals surface area contributed by atoms with Crippen molar-refractivity contribution in [1.29, 1.82) is 0 Å². The van der Waals surface area contributed by atoms with Gasteiger partial charge in [-0.15, -0.1) is 0 Å². The van der Waals surface area contributed by atoms with Crippen LogP contribution in [-0.2, 0) is 9.53 Å². The van der Waals surface area contributed by atoms with E-state index in [0.717, 1.165) is 32.1 Å². The van der Waals surface area contributed by atoms with Crippen molar-refractivity contribution in [2.24, 2.45) is 11.7 Å². The minimum Gasteiger partial charge on any atom is -0.394 e. The fraction of sp³-hybridized carbons (Fsp3) is 0.933. The number of amides is 1. The number of aliphatic hydroxyl groups excluding tert-OH is 1. The lowest BCUT2D eigenvalue weighted by molar-refractivity contribution is -0.146. The van der Waals surface area contributed by atoms with Gasteiger partial charge >= 0.3 is 0 Å². The number of ether oxygens (including phenoxy) is 1. The lowest BCUT2D eigenvalue weighted by Crippen LogP contribution is -2.52. The van der Waals surface area contributed by atoms with Crippen molar-refractivity contribution in [3.63, 3.8) is 0 Å². The number of rotatable bonds is 4. The van der Waals surface area contributed by atoms with Crippen LogP contribution in [0.5, 0.6) is 0 Å². The van der Waals surface area contributed by atoms with Gasteiger partial charge < -0.3 is 20.5 Å². The van der Waals surface area contributed by atoms with E-state index < -0.39 is 0 Å². The van der Waals surface area contributed by atoms with Crippen LogP contribution in [0.3, 0.4) is 0 Å². The van der Waals surface area contributed by atoms with Crippen molar-refractivity contribution in [2.45, 2.75) is 63.6 Å². The number of carbonyl (C=O) groups excluding carboxylic acids is 1. The number of morpholine rings is 1. The largest absolute Gasteiger partial charge is 0.394 e. The third kappa shape index (κ3) is 4.17. The zero-order valence-electron chi connectivity index (χ0n) is 12.5. The maximum absolute atomic E-state index is 12.3. The van der Waals surface area contributed by atoms with E-state index in [1.165, 1.54) is 0 Å². The van der Waals surface area contributed by atoms with E-state index in [-0.39, 0.29) is 24.7 Å². The van der Waals surface area contributed by atoms with Gasteiger partial charge in [0.25, 0.3) is 0 Å². The Morgan fingerprint density at radius 2 is 2.05 bits per heavy atom. The molecule has 3 N–H and O–H groups in total. The van der Waals surface area contributed by atoms with Crippen molar-refractivity contribution in [3.05, 3.63) is 0 Å². The van der Waals surface area contributed by atoms with Gasteiger partial charge in [0, 0.05) is 19.0 Å². The number of aliphatic hydroxyl groups is 1. The summed E-state index contributed by atoms with van der Waals surface area (Å²) in [6.07, 6.45) is 5.88. The molecular formula is C15H28N2O3. The average molecular weight is 284 g/mol. The maximum Gasteiger partial charge on any atom is 0.222 e. The Hall–Kier alpha value is -0.650. The Kier molecular flexibility index (Phi) is 5.81. The third-order valence-corrected chi connectivity index (χ3v) is 4.69. The molecule has 1 aliphatic carbocycles. The van der Waals surface area contributed by atoms with E-state index in [2.05, 4.69) is 0 Å². The highest BCUT2D eigenvalue weighted by atomic mass is 16.5. The molecule has 20 heavy (non-hydrogen) atoms. The first kappa shape index (κ1) is 15.7. The predicted molar refractivity (Wildman–Crippen MR) is 77.2 cm³/mol. The normalized spacial score (nSPS) is 35.0.